The fourth-order valence-corrected chi connectivity index (χ4v) is 1.86. The first-order valence-electron chi connectivity index (χ1n) is 5.89. The summed E-state index contributed by atoms with van der Waals surface area (Å²) in [7, 11) is 0. The molecule has 0 aromatic carbocycles. The van der Waals surface area contributed by atoms with E-state index in [1.54, 1.807) is 0 Å². The Morgan fingerprint density at radius 1 is 1.33 bits per heavy atom. The Morgan fingerprint density at radius 2 is 2.13 bits per heavy atom. The second-order valence-corrected chi connectivity index (χ2v) is 4.58. The third-order valence-electron chi connectivity index (χ3n) is 2.80. The molecular formula is C11H24N2O2. The normalized spacial score (nSPS) is 24.4. The van der Waals surface area contributed by atoms with Crippen LogP contribution in [0, 0.1) is 5.92 Å². The summed E-state index contributed by atoms with van der Waals surface area (Å²) in [6.07, 6.45) is 3.61. The van der Waals surface area contributed by atoms with E-state index in [0.717, 1.165) is 12.3 Å². The first-order chi connectivity index (χ1) is 7.24. The van der Waals surface area contributed by atoms with Crippen molar-refractivity contribution in [1.82, 2.24) is 5.43 Å². The van der Waals surface area contributed by atoms with Gasteiger partial charge in [0.2, 0.25) is 0 Å². The van der Waals surface area contributed by atoms with Gasteiger partial charge >= 0.3 is 0 Å². The summed E-state index contributed by atoms with van der Waals surface area (Å²) in [5.74, 6) is 6.29. The summed E-state index contributed by atoms with van der Waals surface area (Å²) in [4.78, 5) is 0. The molecule has 0 aliphatic carbocycles. The molecule has 0 bridgehead atoms. The molecule has 0 spiro atoms. The second kappa shape index (κ2) is 7.17. The van der Waals surface area contributed by atoms with Crippen LogP contribution in [0.4, 0.5) is 0 Å². The van der Waals surface area contributed by atoms with Gasteiger partial charge in [0.05, 0.1) is 25.9 Å². The summed E-state index contributed by atoms with van der Waals surface area (Å²) >= 11 is 0. The fourth-order valence-electron chi connectivity index (χ4n) is 1.86. The summed E-state index contributed by atoms with van der Waals surface area (Å²) in [6.45, 7) is 6.54. The lowest BCUT2D eigenvalue weighted by Crippen LogP contribution is -2.49. The second-order valence-electron chi connectivity index (χ2n) is 4.58. The molecule has 2 atom stereocenters. The maximum absolute atomic E-state index is 5.62. The molecule has 1 saturated heterocycles. The largest absolute Gasteiger partial charge is 0.376 e. The molecule has 0 aromatic rings. The van der Waals surface area contributed by atoms with Crippen LogP contribution in [0.25, 0.3) is 0 Å². The number of rotatable bonds is 6. The molecule has 15 heavy (non-hydrogen) atoms. The van der Waals surface area contributed by atoms with Crippen molar-refractivity contribution in [2.45, 2.75) is 45.3 Å². The average Bonchev–Trinajstić information content (AvgIpc) is 2.25. The molecule has 0 saturated carbocycles. The highest BCUT2D eigenvalue weighted by Crippen LogP contribution is 2.13. The Balaban J connectivity index is 2.21. The Hall–Kier alpha value is -0.160. The Labute approximate surface area is 92.5 Å². The van der Waals surface area contributed by atoms with Crippen molar-refractivity contribution in [1.29, 1.82) is 0 Å². The third-order valence-corrected chi connectivity index (χ3v) is 2.80. The zero-order valence-corrected chi connectivity index (χ0v) is 9.87. The predicted molar refractivity (Wildman–Crippen MR) is 60.4 cm³/mol. The number of nitrogens with one attached hydrogen (secondary N) is 1. The highest BCUT2D eigenvalue weighted by atomic mass is 16.6. The van der Waals surface area contributed by atoms with Crippen LogP contribution in [0.3, 0.4) is 0 Å². The molecule has 0 aromatic heterocycles. The molecular weight excluding hydrogens is 192 g/mol. The number of hydrazine groups is 1. The zero-order valence-electron chi connectivity index (χ0n) is 9.87. The zero-order chi connectivity index (χ0) is 11.1. The topological polar surface area (TPSA) is 56.5 Å². The molecule has 2 unspecified atom stereocenters. The van der Waals surface area contributed by atoms with Crippen molar-refractivity contribution in [3.63, 3.8) is 0 Å². The van der Waals surface area contributed by atoms with E-state index in [4.69, 9.17) is 15.3 Å². The van der Waals surface area contributed by atoms with Crippen molar-refractivity contribution >= 4 is 0 Å². The van der Waals surface area contributed by atoms with Crippen molar-refractivity contribution in [2.75, 3.05) is 19.8 Å². The van der Waals surface area contributed by atoms with Gasteiger partial charge in [-0.25, -0.2) is 0 Å². The van der Waals surface area contributed by atoms with E-state index in [1.807, 2.05) is 0 Å². The quantitative estimate of drug-likeness (QED) is 0.515. The Kier molecular flexibility index (Phi) is 6.17. The molecule has 1 fully saturated rings. The van der Waals surface area contributed by atoms with Crippen LogP contribution < -0.4 is 11.3 Å². The van der Waals surface area contributed by atoms with Gasteiger partial charge in [0.15, 0.2) is 0 Å². The molecule has 1 rings (SSSR count). The first-order valence-corrected chi connectivity index (χ1v) is 5.89. The standard InChI is InChI=1S/C11H24N2O2/c1-9(2)4-3-5-10(13-12)11-8-14-6-7-15-11/h9-11,13H,3-8,12H2,1-2H3. The van der Waals surface area contributed by atoms with Crippen LogP contribution in [-0.2, 0) is 9.47 Å². The molecule has 1 aliphatic heterocycles. The van der Waals surface area contributed by atoms with Crippen molar-refractivity contribution in [3.05, 3.63) is 0 Å². The minimum atomic E-state index is 0.121. The van der Waals surface area contributed by atoms with E-state index in [0.29, 0.717) is 19.8 Å². The predicted octanol–water partition coefficient (Wildman–Crippen LogP) is 1.06. The molecule has 3 N–H and O–H groups in total. The van der Waals surface area contributed by atoms with Crippen molar-refractivity contribution in [3.8, 4) is 0 Å². The average molecular weight is 216 g/mol. The maximum atomic E-state index is 5.62. The summed E-state index contributed by atoms with van der Waals surface area (Å²) < 4.78 is 11.0. The molecule has 4 heteroatoms. The fraction of sp³-hybridized carbons (Fsp3) is 1.00. The molecule has 0 radical (unpaired) electrons. The van der Waals surface area contributed by atoms with E-state index in [-0.39, 0.29) is 12.1 Å². The monoisotopic (exact) mass is 216 g/mol. The smallest absolute Gasteiger partial charge is 0.0975 e. The first kappa shape index (κ1) is 12.9. The van der Waals surface area contributed by atoms with E-state index in [9.17, 15) is 0 Å². The van der Waals surface area contributed by atoms with Gasteiger partial charge in [-0.3, -0.25) is 11.3 Å². The van der Waals surface area contributed by atoms with Crippen molar-refractivity contribution in [2.24, 2.45) is 11.8 Å². The SMILES string of the molecule is CC(C)CCCC(NN)C1COCCO1. The lowest BCUT2D eigenvalue weighted by molar-refractivity contribution is -0.102. The maximum Gasteiger partial charge on any atom is 0.0975 e. The molecule has 90 valence electrons. The summed E-state index contributed by atoms with van der Waals surface area (Å²) in [6, 6.07) is 0.226. The van der Waals surface area contributed by atoms with Gasteiger partial charge in [-0.2, -0.15) is 0 Å². The lowest BCUT2D eigenvalue weighted by atomic mass is 10.0. The number of hydrogen-bond acceptors (Lipinski definition) is 4. The highest BCUT2D eigenvalue weighted by molar-refractivity contribution is 4.76. The van der Waals surface area contributed by atoms with Crippen LogP contribution in [0.5, 0.6) is 0 Å². The van der Waals surface area contributed by atoms with E-state index >= 15 is 0 Å². The minimum absolute atomic E-state index is 0.121. The Bertz CT molecular complexity index is 159. The van der Waals surface area contributed by atoms with E-state index in [1.165, 1.54) is 12.8 Å². The number of hydrogen-bond donors (Lipinski definition) is 2. The van der Waals surface area contributed by atoms with Gasteiger partial charge in [-0.15, -0.1) is 0 Å². The van der Waals surface area contributed by atoms with Crippen LogP contribution in [0.2, 0.25) is 0 Å². The molecule has 0 amide bonds. The van der Waals surface area contributed by atoms with Crippen LogP contribution in [0.15, 0.2) is 0 Å². The minimum Gasteiger partial charge on any atom is -0.376 e. The summed E-state index contributed by atoms with van der Waals surface area (Å²) in [5, 5.41) is 0. The van der Waals surface area contributed by atoms with Crippen LogP contribution >= 0.6 is 0 Å². The highest BCUT2D eigenvalue weighted by Gasteiger charge is 2.23. The van der Waals surface area contributed by atoms with Crippen molar-refractivity contribution < 1.29 is 9.47 Å². The van der Waals surface area contributed by atoms with Gasteiger partial charge in [-0.05, 0) is 12.3 Å². The van der Waals surface area contributed by atoms with Gasteiger partial charge in [0.1, 0.15) is 0 Å². The Morgan fingerprint density at radius 3 is 2.67 bits per heavy atom. The number of nitrogens with two attached hydrogens (primary N) is 1. The molecule has 1 aliphatic rings. The van der Waals surface area contributed by atoms with E-state index < -0.39 is 0 Å². The molecule has 4 nitrogen and oxygen atoms in total. The van der Waals surface area contributed by atoms with Gasteiger partial charge < -0.3 is 9.47 Å². The molecule has 1 heterocycles. The van der Waals surface area contributed by atoms with Crippen LogP contribution in [0.1, 0.15) is 33.1 Å². The number of ether oxygens (including phenoxy) is 2. The van der Waals surface area contributed by atoms with E-state index in [2.05, 4.69) is 19.3 Å². The van der Waals surface area contributed by atoms with Gasteiger partial charge in [0.25, 0.3) is 0 Å². The summed E-state index contributed by atoms with van der Waals surface area (Å²) in [5.41, 5.74) is 2.84. The van der Waals surface area contributed by atoms with Gasteiger partial charge in [0, 0.05) is 6.04 Å². The lowest BCUT2D eigenvalue weighted by Gasteiger charge is -2.30. The van der Waals surface area contributed by atoms with Gasteiger partial charge in [-0.1, -0.05) is 26.7 Å². The van der Waals surface area contributed by atoms with Crippen LogP contribution in [-0.4, -0.2) is 32.0 Å². The third kappa shape index (κ3) is 4.93.